The van der Waals surface area contributed by atoms with E-state index in [-0.39, 0.29) is 11.5 Å². The van der Waals surface area contributed by atoms with Gasteiger partial charge in [0.15, 0.2) is 0 Å². The number of nitrogens with zero attached hydrogens (tertiary/aromatic N) is 3. The minimum Gasteiger partial charge on any atom is -0.449 e. The Morgan fingerprint density at radius 3 is 2.48 bits per heavy atom. The van der Waals surface area contributed by atoms with Crippen molar-refractivity contribution in [3.8, 4) is 0 Å². The van der Waals surface area contributed by atoms with Gasteiger partial charge in [-0.1, -0.05) is 32.4 Å². The molecule has 1 fully saturated rings. The fourth-order valence-electron chi connectivity index (χ4n) is 2.04. The molecule has 1 aromatic heterocycles. The number of halogens is 1. The van der Waals surface area contributed by atoms with E-state index in [1.807, 2.05) is 32.9 Å². The number of pyridine rings is 1. The Morgan fingerprint density at radius 2 is 1.95 bits per heavy atom. The van der Waals surface area contributed by atoms with Gasteiger partial charge in [0.05, 0.1) is 11.6 Å². The quantitative estimate of drug-likeness (QED) is 0.842. The summed E-state index contributed by atoms with van der Waals surface area (Å²) < 4.78 is 5.34. The predicted octanol–water partition coefficient (Wildman–Crippen LogP) is 3.04. The van der Waals surface area contributed by atoms with E-state index in [9.17, 15) is 4.79 Å². The van der Waals surface area contributed by atoms with Crippen LogP contribution in [0, 0.1) is 5.41 Å². The van der Waals surface area contributed by atoms with Gasteiger partial charge in [0.25, 0.3) is 0 Å². The summed E-state index contributed by atoms with van der Waals surface area (Å²) in [5.74, 6) is 0.891. The number of hydrogen-bond acceptors (Lipinski definition) is 4. The van der Waals surface area contributed by atoms with Crippen molar-refractivity contribution in [1.82, 2.24) is 9.88 Å². The normalized spacial score (nSPS) is 16.0. The molecule has 5 nitrogen and oxygen atoms in total. The van der Waals surface area contributed by atoms with Crippen LogP contribution in [0.2, 0.25) is 5.02 Å². The fraction of sp³-hybridized carbons (Fsp3) is 0.600. The first-order chi connectivity index (χ1) is 9.85. The number of hydrogen-bond donors (Lipinski definition) is 0. The number of carbonyl (C=O) groups excluding carboxylic acids is 1. The molecule has 0 aliphatic carbocycles. The maximum absolute atomic E-state index is 12.0. The molecule has 1 saturated heterocycles. The molecule has 0 spiro atoms. The summed E-state index contributed by atoms with van der Waals surface area (Å²) in [6, 6.07) is 3.73. The van der Waals surface area contributed by atoms with Crippen molar-refractivity contribution < 1.29 is 9.53 Å². The summed E-state index contributed by atoms with van der Waals surface area (Å²) in [5, 5.41) is 0.628. The third-order valence-corrected chi connectivity index (χ3v) is 3.43. The standard InChI is InChI=1S/C15H22ClN3O2/c1-15(2,3)11-21-14(20)19-8-6-18(7-9-19)13-5-4-12(16)10-17-13/h4-5,10H,6-9,11H2,1-3H3. The van der Waals surface area contributed by atoms with E-state index in [1.54, 1.807) is 11.1 Å². The highest BCUT2D eigenvalue weighted by atomic mass is 35.5. The molecule has 0 unspecified atom stereocenters. The zero-order valence-electron chi connectivity index (χ0n) is 12.8. The van der Waals surface area contributed by atoms with Crippen molar-refractivity contribution in [3.05, 3.63) is 23.4 Å². The van der Waals surface area contributed by atoms with Crippen molar-refractivity contribution >= 4 is 23.5 Å². The molecule has 1 aliphatic rings. The minimum absolute atomic E-state index is 0.00922. The molecule has 0 bridgehead atoms. The van der Waals surface area contributed by atoms with Gasteiger partial charge in [-0.05, 0) is 17.5 Å². The summed E-state index contributed by atoms with van der Waals surface area (Å²) in [4.78, 5) is 20.2. The lowest BCUT2D eigenvalue weighted by atomic mass is 9.99. The van der Waals surface area contributed by atoms with E-state index in [4.69, 9.17) is 16.3 Å². The van der Waals surface area contributed by atoms with Gasteiger partial charge in [-0.3, -0.25) is 0 Å². The van der Waals surface area contributed by atoms with Gasteiger partial charge in [-0.2, -0.15) is 0 Å². The van der Waals surface area contributed by atoms with Gasteiger partial charge in [0, 0.05) is 32.4 Å². The largest absolute Gasteiger partial charge is 0.449 e. The Bertz CT molecular complexity index is 477. The Kier molecular flexibility index (Phi) is 4.93. The zero-order valence-corrected chi connectivity index (χ0v) is 13.6. The van der Waals surface area contributed by atoms with E-state index in [0.717, 1.165) is 18.9 Å². The number of carbonyl (C=O) groups is 1. The van der Waals surface area contributed by atoms with Crippen molar-refractivity contribution in [2.75, 3.05) is 37.7 Å². The summed E-state index contributed by atoms with van der Waals surface area (Å²) >= 11 is 5.84. The Labute approximate surface area is 130 Å². The van der Waals surface area contributed by atoms with Crippen LogP contribution in [0.15, 0.2) is 18.3 Å². The first kappa shape index (κ1) is 15.9. The van der Waals surface area contributed by atoms with Crippen molar-refractivity contribution in [1.29, 1.82) is 0 Å². The molecule has 1 amide bonds. The Morgan fingerprint density at radius 1 is 1.29 bits per heavy atom. The third-order valence-electron chi connectivity index (χ3n) is 3.20. The highest BCUT2D eigenvalue weighted by Gasteiger charge is 2.24. The summed E-state index contributed by atoms with van der Waals surface area (Å²) in [6.45, 7) is 9.36. The molecule has 0 radical (unpaired) electrons. The number of piperazine rings is 1. The highest BCUT2D eigenvalue weighted by molar-refractivity contribution is 6.30. The van der Waals surface area contributed by atoms with Crippen molar-refractivity contribution in [2.24, 2.45) is 5.41 Å². The van der Waals surface area contributed by atoms with E-state index >= 15 is 0 Å². The molecule has 6 heteroatoms. The minimum atomic E-state index is -0.228. The first-order valence-electron chi connectivity index (χ1n) is 7.13. The molecule has 0 N–H and O–H groups in total. The van der Waals surface area contributed by atoms with Gasteiger partial charge in [-0.15, -0.1) is 0 Å². The monoisotopic (exact) mass is 311 g/mol. The van der Waals surface area contributed by atoms with Crippen molar-refractivity contribution in [2.45, 2.75) is 20.8 Å². The Balaban J connectivity index is 1.82. The van der Waals surface area contributed by atoms with Crippen LogP contribution in [-0.2, 0) is 4.74 Å². The van der Waals surface area contributed by atoms with Gasteiger partial charge >= 0.3 is 6.09 Å². The van der Waals surface area contributed by atoms with Crippen LogP contribution < -0.4 is 4.90 Å². The van der Waals surface area contributed by atoms with E-state index in [2.05, 4.69) is 9.88 Å². The first-order valence-corrected chi connectivity index (χ1v) is 7.51. The van der Waals surface area contributed by atoms with Crippen LogP contribution in [0.1, 0.15) is 20.8 Å². The molecule has 1 aromatic rings. The summed E-state index contributed by atoms with van der Waals surface area (Å²) in [6.07, 6.45) is 1.41. The fourth-order valence-corrected chi connectivity index (χ4v) is 2.15. The maximum atomic E-state index is 12.0. The van der Waals surface area contributed by atoms with Crippen LogP contribution in [-0.4, -0.2) is 48.8 Å². The third kappa shape index (κ3) is 4.77. The van der Waals surface area contributed by atoms with Crippen LogP contribution >= 0.6 is 11.6 Å². The number of amides is 1. The zero-order chi connectivity index (χ0) is 15.5. The molecular weight excluding hydrogens is 290 g/mol. The number of rotatable bonds is 2. The van der Waals surface area contributed by atoms with E-state index in [0.29, 0.717) is 24.7 Å². The van der Waals surface area contributed by atoms with Gasteiger partial charge in [-0.25, -0.2) is 9.78 Å². The molecule has 116 valence electrons. The van der Waals surface area contributed by atoms with E-state index < -0.39 is 0 Å². The summed E-state index contributed by atoms with van der Waals surface area (Å²) in [5.41, 5.74) is -0.00922. The second-order valence-corrected chi connectivity index (χ2v) is 6.86. The average Bonchev–Trinajstić information content (AvgIpc) is 2.45. The molecule has 0 atom stereocenters. The van der Waals surface area contributed by atoms with Crippen LogP contribution in [0.3, 0.4) is 0 Å². The number of aromatic nitrogens is 1. The molecule has 0 aromatic carbocycles. The molecule has 2 heterocycles. The lowest BCUT2D eigenvalue weighted by molar-refractivity contribution is 0.0707. The van der Waals surface area contributed by atoms with Gasteiger partial charge in [0.1, 0.15) is 5.82 Å². The molecule has 0 saturated carbocycles. The van der Waals surface area contributed by atoms with Crippen LogP contribution in [0.4, 0.5) is 10.6 Å². The smallest absolute Gasteiger partial charge is 0.409 e. The topological polar surface area (TPSA) is 45.7 Å². The van der Waals surface area contributed by atoms with Crippen LogP contribution in [0.5, 0.6) is 0 Å². The average molecular weight is 312 g/mol. The predicted molar refractivity (Wildman–Crippen MR) is 83.8 cm³/mol. The van der Waals surface area contributed by atoms with Gasteiger partial charge < -0.3 is 14.5 Å². The van der Waals surface area contributed by atoms with Crippen LogP contribution in [0.25, 0.3) is 0 Å². The highest BCUT2D eigenvalue weighted by Crippen LogP contribution is 2.17. The maximum Gasteiger partial charge on any atom is 0.409 e. The molecule has 1 aliphatic heterocycles. The second-order valence-electron chi connectivity index (χ2n) is 6.42. The lowest BCUT2D eigenvalue weighted by Crippen LogP contribution is -2.49. The Hall–Kier alpha value is -1.49. The lowest BCUT2D eigenvalue weighted by Gasteiger charge is -2.35. The SMILES string of the molecule is CC(C)(C)COC(=O)N1CCN(c2ccc(Cl)cn2)CC1. The number of anilines is 1. The second kappa shape index (κ2) is 6.52. The number of ether oxygens (including phenoxy) is 1. The van der Waals surface area contributed by atoms with E-state index in [1.165, 1.54) is 0 Å². The van der Waals surface area contributed by atoms with Crippen molar-refractivity contribution in [3.63, 3.8) is 0 Å². The molecule has 2 rings (SSSR count). The molecule has 21 heavy (non-hydrogen) atoms. The summed E-state index contributed by atoms with van der Waals surface area (Å²) in [7, 11) is 0. The molecular formula is C15H22ClN3O2. The van der Waals surface area contributed by atoms with Gasteiger partial charge in [0.2, 0.25) is 0 Å².